The molecule has 1 fully saturated rings. The molecule has 2 atom stereocenters. The molecule has 2 aliphatic rings. The van der Waals surface area contributed by atoms with Crippen LogP contribution in [-0.4, -0.2) is 42.6 Å². The molecule has 3 rings (SSSR count). The highest BCUT2D eigenvalue weighted by Crippen LogP contribution is 2.25. The van der Waals surface area contributed by atoms with Crippen molar-refractivity contribution in [3.8, 4) is 0 Å². The van der Waals surface area contributed by atoms with E-state index in [0.29, 0.717) is 12.6 Å². The minimum absolute atomic E-state index is 0.257. The molecule has 5 nitrogen and oxygen atoms in total. The van der Waals surface area contributed by atoms with Gasteiger partial charge in [-0.15, -0.1) is 0 Å². The lowest BCUT2D eigenvalue weighted by molar-refractivity contribution is -0.119. The summed E-state index contributed by atoms with van der Waals surface area (Å²) < 4.78 is 5.59. The maximum absolute atomic E-state index is 11.1. The fraction of sp³-hybridized carbons (Fsp3) is 0.562. The van der Waals surface area contributed by atoms with Crippen molar-refractivity contribution in [3.63, 3.8) is 0 Å². The largest absolute Gasteiger partial charge is 0.380 e. The molecule has 0 aromatic heterocycles. The fourth-order valence-corrected chi connectivity index (χ4v) is 3.20. The highest BCUT2D eigenvalue weighted by molar-refractivity contribution is 5.76. The summed E-state index contributed by atoms with van der Waals surface area (Å²) in [7, 11) is 0. The van der Waals surface area contributed by atoms with Crippen LogP contribution in [0.1, 0.15) is 24.5 Å². The number of benzene rings is 1. The molecule has 0 aliphatic carbocycles. The number of fused-ring (bicyclic) bond motifs is 1. The summed E-state index contributed by atoms with van der Waals surface area (Å²) in [5, 5.41) is 3.56. The number of hydrogen-bond donors (Lipinski definition) is 2. The first-order valence-electron chi connectivity index (χ1n) is 7.62. The molecule has 2 heterocycles. The fourth-order valence-electron chi connectivity index (χ4n) is 3.20. The Bertz CT molecular complexity index is 532. The average Bonchev–Trinajstić information content (AvgIpc) is 2.83. The van der Waals surface area contributed by atoms with Gasteiger partial charge in [0.25, 0.3) is 0 Å². The zero-order valence-electron chi connectivity index (χ0n) is 12.5. The number of rotatable bonds is 4. The number of hydrogen-bond acceptors (Lipinski definition) is 4. The molecule has 1 aromatic rings. The Labute approximate surface area is 125 Å². The van der Waals surface area contributed by atoms with Crippen molar-refractivity contribution >= 4 is 11.6 Å². The normalized spacial score (nSPS) is 25.6. The standard InChI is InChI=1S/C16H23N3O2/c1-11-15(5-7-21-11)18-14-3-2-12-4-6-19(10-16(17)20)9-13(12)8-14/h2-3,8,11,15,18H,4-7,9-10H2,1H3,(H2,17,20). The maximum Gasteiger partial charge on any atom is 0.231 e. The van der Waals surface area contributed by atoms with Crippen molar-refractivity contribution in [1.82, 2.24) is 4.90 Å². The number of nitrogens with one attached hydrogen (secondary N) is 1. The molecule has 21 heavy (non-hydrogen) atoms. The van der Waals surface area contributed by atoms with Gasteiger partial charge in [0.15, 0.2) is 0 Å². The summed E-state index contributed by atoms with van der Waals surface area (Å²) >= 11 is 0. The van der Waals surface area contributed by atoms with E-state index < -0.39 is 0 Å². The van der Waals surface area contributed by atoms with Crippen LogP contribution in [0, 0.1) is 0 Å². The molecule has 0 saturated carbocycles. The van der Waals surface area contributed by atoms with Crippen LogP contribution in [0.5, 0.6) is 0 Å². The van der Waals surface area contributed by atoms with Gasteiger partial charge in [-0.3, -0.25) is 9.69 Å². The van der Waals surface area contributed by atoms with Crippen LogP contribution in [0.15, 0.2) is 18.2 Å². The lowest BCUT2D eigenvalue weighted by Gasteiger charge is -2.28. The number of anilines is 1. The highest BCUT2D eigenvalue weighted by Gasteiger charge is 2.24. The summed E-state index contributed by atoms with van der Waals surface area (Å²) in [4.78, 5) is 13.2. The predicted molar refractivity (Wildman–Crippen MR) is 82.1 cm³/mol. The van der Waals surface area contributed by atoms with Gasteiger partial charge in [0.2, 0.25) is 5.91 Å². The van der Waals surface area contributed by atoms with Crippen LogP contribution in [0.2, 0.25) is 0 Å². The second-order valence-corrected chi connectivity index (χ2v) is 6.03. The molecule has 3 N–H and O–H groups in total. The Morgan fingerprint density at radius 1 is 1.48 bits per heavy atom. The van der Waals surface area contributed by atoms with Gasteiger partial charge in [0, 0.05) is 25.4 Å². The van der Waals surface area contributed by atoms with E-state index in [1.165, 1.54) is 11.1 Å². The Morgan fingerprint density at radius 2 is 2.33 bits per heavy atom. The first-order valence-corrected chi connectivity index (χ1v) is 7.62. The molecule has 0 spiro atoms. The first-order chi connectivity index (χ1) is 10.1. The minimum atomic E-state index is -0.260. The third kappa shape index (κ3) is 3.36. The van der Waals surface area contributed by atoms with Crippen LogP contribution in [0.25, 0.3) is 0 Å². The van der Waals surface area contributed by atoms with Crippen LogP contribution < -0.4 is 11.1 Å². The minimum Gasteiger partial charge on any atom is -0.380 e. The molecule has 114 valence electrons. The highest BCUT2D eigenvalue weighted by atomic mass is 16.5. The van der Waals surface area contributed by atoms with E-state index in [1.807, 2.05) is 0 Å². The molecule has 1 saturated heterocycles. The number of carbonyl (C=O) groups excluding carboxylic acids is 1. The van der Waals surface area contributed by atoms with Crippen molar-refractivity contribution in [2.24, 2.45) is 5.73 Å². The van der Waals surface area contributed by atoms with Gasteiger partial charge in [-0.05, 0) is 43.0 Å². The molecule has 5 heteroatoms. The number of ether oxygens (including phenoxy) is 1. The maximum atomic E-state index is 11.1. The van der Waals surface area contributed by atoms with E-state index >= 15 is 0 Å². The summed E-state index contributed by atoms with van der Waals surface area (Å²) in [6, 6.07) is 6.93. The van der Waals surface area contributed by atoms with Gasteiger partial charge in [-0.1, -0.05) is 6.07 Å². The molecule has 1 amide bonds. The van der Waals surface area contributed by atoms with E-state index in [-0.39, 0.29) is 12.0 Å². The summed E-state index contributed by atoms with van der Waals surface area (Å²) in [5.74, 6) is -0.260. The number of primary amides is 1. The topological polar surface area (TPSA) is 67.6 Å². The lowest BCUT2D eigenvalue weighted by atomic mass is 9.98. The smallest absolute Gasteiger partial charge is 0.231 e. The van der Waals surface area contributed by atoms with E-state index in [2.05, 4.69) is 35.3 Å². The Morgan fingerprint density at radius 3 is 3.05 bits per heavy atom. The number of amides is 1. The van der Waals surface area contributed by atoms with E-state index in [0.717, 1.165) is 38.2 Å². The number of carbonyl (C=O) groups is 1. The Hall–Kier alpha value is -1.59. The van der Waals surface area contributed by atoms with Crippen LogP contribution in [-0.2, 0) is 22.5 Å². The molecular formula is C16H23N3O2. The van der Waals surface area contributed by atoms with E-state index in [9.17, 15) is 4.79 Å². The summed E-state index contributed by atoms with van der Waals surface area (Å²) in [5.41, 5.74) is 9.09. The lowest BCUT2D eigenvalue weighted by Crippen LogP contribution is -2.37. The van der Waals surface area contributed by atoms with Crippen LogP contribution in [0.3, 0.4) is 0 Å². The van der Waals surface area contributed by atoms with Gasteiger partial charge in [-0.2, -0.15) is 0 Å². The quantitative estimate of drug-likeness (QED) is 0.871. The second kappa shape index (κ2) is 6.03. The predicted octanol–water partition coefficient (Wildman–Crippen LogP) is 1.12. The van der Waals surface area contributed by atoms with Gasteiger partial charge < -0.3 is 15.8 Å². The van der Waals surface area contributed by atoms with Gasteiger partial charge in [-0.25, -0.2) is 0 Å². The van der Waals surface area contributed by atoms with E-state index in [4.69, 9.17) is 10.5 Å². The van der Waals surface area contributed by atoms with E-state index in [1.54, 1.807) is 0 Å². The Kier molecular flexibility index (Phi) is 4.12. The van der Waals surface area contributed by atoms with Gasteiger partial charge in [0.05, 0.1) is 18.7 Å². The molecule has 0 radical (unpaired) electrons. The zero-order chi connectivity index (χ0) is 14.8. The van der Waals surface area contributed by atoms with Crippen molar-refractivity contribution in [1.29, 1.82) is 0 Å². The van der Waals surface area contributed by atoms with Crippen molar-refractivity contribution in [2.45, 2.75) is 38.5 Å². The SMILES string of the molecule is CC1OCCC1Nc1ccc2c(c1)CN(CC(N)=O)CC2. The Balaban J connectivity index is 1.70. The zero-order valence-corrected chi connectivity index (χ0v) is 12.5. The first kappa shape index (κ1) is 14.4. The molecular weight excluding hydrogens is 266 g/mol. The van der Waals surface area contributed by atoms with Crippen molar-refractivity contribution in [2.75, 3.05) is 25.0 Å². The molecule has 0 bridgehead atoms. The van der Waals surface area contributed by atoms with Gasteiger partial charge >= 0.3 is 0 Å². The monoisotopic (exact) mass is 289 g/mol. The van der Waals surface area contributed by atoms with Crippen molar-refractivity contribution in [3.05, 3.63) is 29.3 Å². The molecule has 2 unspecified atom stereocenters. The second-order valence-electron chi connectivity index (χ2n) is 6.03. The average molecular weight is 289 g/mol. The molecule has 2 aliphatic heterocycles. The number of nitrogens with zero attached hydrogens (tertiary/aromatic N) is 1. The van der Waals surface area contributed by atoms with Crippen LogP contribution >= 0.6 is 0 Å². The third-order valence-electron chi connectivity index (χ3n) is 4.41. The van der Waals surface area contributed by atoms with Crippen molar-refractivity contribution < 1.29 is 9.53 Å². The summed E-state index contributed by atoms with van der Waals surface area (Å²) in [6.07, 6.45) is 2.28. The molecule has 1 aromatic carbocycles. The van der Waals surface area contributed by atoms with Gasteiger partial charge in [0.1, 0.15) is 0 Å². The van der Waals surface area contributed by atoms with Crippen LogP contribution in [0.4, 0.5) is 5.69 Å². The summed E-state index contributed by atoms with van der Waals surface area (Å²) in [6.45, 7) is 4.97. The third-order valence-corrected chi connectivity index (χ3v) is 4.41. The number of nitrogens with two attached hydrogens (primary N) is 1.